The highest BCUT2D eigenvalue weighted by Crippen LogP contribution is 2.26. The average molecular weight is 386 g/mol. The van der Waals surface area contributed by atoms with Gasteiger partial charge in [0.1, 0.15) is 28.6 Å². The van der Waals surface area contributed by atoms with Gasteiger partial charge in [0, 0.05) is 12.2 Å². The van der Waals surface area contributed by atoms with E-state index in [0.29, 0.717) is 30.2 Å². The molecule has 3 aromatic rings. The van der Waals surface area contributed by atoms with Crippen molar-refractivity contribution in [3.63, 3.8) is 0 Å². The second kappa shape index (κ2) is 7.22. The van der Waals surface area contributed by atoms with E-state index in [-0.39, 0.29) is 17.3 Å². The van der Waals surface area contributed by atoms with Crippen LogP contribution in [0.1, 0.15) is 39.4 Å². The molecule has 0 aliphatic carbocycles. The molecule has 1 aliphatic heterocycles. The van der Waals surface area contributed by atoms with Crippen LogP contribution in [0.4, 0.5) is 14.5 Å². The highest BCUT2D eigenvalue weighted by Gasteiger charge is 2.23. The molecule has 0 fully saturated rings. The molecule has 0 saturated carbocycles. The van der Waals surface area contributed by atoms with Crippen LogP contribution in [0.15, 0.2) is 24.4 Å². The highest BCUT2D eigenvalue weighted by atomic mass is 19.1. The van der Waals surface area contributed by atoms with Gasteiger partial charge in [-0.3, -0.25) is 14.7 Å². The molecule has 0 atom stereocenters. The second-order valence-corrected chi connectivity index (χ2v) is 6.34. The molecule has 2 amide bonds. The van der Waals surface area contributed by atoms with Gasteiger partial charge < -0.3 is 15.6 Å². The number of nitrogens with one attached hydrogen (secondary N) is 4. The van der Waals surface area contributed by atoms with Gasteiger partial charge in [0.15, 0.2) is 5.82 Å². The number of aromatic nitrogens is 4. The van der Waals surface area contributed by atoms with Gasteiger partial charge in [0.25, 0.3) is 11.8 Å². The summed E-state index contributed by atoms with van der Waals surface area (Å²) in [5.74, 6) is -2.89. The summed E-state index contributed by atoms with van der Waals surface area (Å²) in [6.07, 6.45) is 3.70. The van der Waals surface area contributed by atoms with Crippen LogP contribution < -0.4 is 10.6 Å². The van der Waals surface area contributed by atoms with Crippen molar-refractivity contribution in [1.82, 2.24) is 25.5 Å². The SMILES string of the molecule is O=C1NCCCCc2[nH]c(-c3[nH]ncc3NC(=O)c3c(F)cccc3F)nc21. The number of aromatic amines is 2. The van der Waals surface area contributed by atoms with E-state index in [1.54, 1.807) is 0 Å². The van der Waals surface area contributed by atoms with Crippen molar-refractivity contribution in [2.24, 2.45) is 0 Å². The number of aryl methyl sites for hydroxylation is 1. The van der Waals surface area contributed by atoms with Crippen molar-refractivity contribution in [1.29, 1.82) is 0 Å². The summed E-state index contributed by atoms with van der Waals surface area (Å²) in [6.45, 7) is 0.583. The molecule has 4 N–H and O–H groups in total. The number of nitrogens with zero attached hydrogens (tertiary/aromatic N) is 2. The standard InChI is InChI=1S/C18H16F2N6O2/c19-9-4-3-5-10(20)13(9)17(27)24-12-8-22-26-14(12)16-23-11-6-1-2-7-21-18(28)15(11)25-16/h3-5,8H,1-2,6-7H2,(H,21,28)(H,22,26)(H,23,25)(H,24,27). The number of benzene rings is 1. The molecule has 4 rings (SSSR count). The Bertz CT molecular complexity index is 1040. The minimum atomic E-state index is -0.972. The Labute approximate surface area is 157 Å². The van der Waals surface area contributed by atoms with Crippen molar-refractivity contribution < 1.29 is 18.4 Å². The number of anilines is 1. The van der Waals surface area contributed by atoms with E-state index in [4.69, 9.17) is 0 Å². The lowest BCUT2D eigenvalue weighted by molar-refractivity contribution is 0.0944. The molecular formula is C18H16F2N6O2. The number of amides is 2. The molecule has 144 valence electrons. The second-order valence-electron chi connectivity index (χ2n) is 6.34. The third-order valence-electron chi connectivity index (χ3n) is 4.45. The van der Waals surface area contributed by atoms with Crippen LogP contribution in [0.2, 0.25) is 0 Å². The van der Waals surface area contributed by atoms with Gasteiger partial charge in [0.05, 0.1) is 11.9 Å². The number of imidazole rings is 1. The number of hydrogen-bond acceptors (Lipinski definition) is 4. The molecular weight excluding hydrogens is 370 g/mol. The molecule has 1 aromatic carbocycles. The number of fused-ring (bicyclic) bond motifs is 1. The predicted molar refractivity (Wildman–Crippen MR) is 95.8 cm³/mol. The summed E-state index contributed by atoms with van der Waals surface area (Å²) in [7, 11) is 0. The Hall–Kier alpha value is -3.56. The molecule has 3 heterocycles. The first-order chi connectivity index (χ1) is 13.5. The molecule has 0 radical (unpaired) electrons. The fourth-order valence-corrected chi connectivity index (χ4v) is 3.07. The summed E-state index contributed by atoms with van der Waals surface area (Å²) in [5.41, 5.74) is 0.737. The van der Waals surface area contributed by atoms with Gasteiger partial charge in [-0.05, 0) is 31.4 Å². The van der Waals surface area contributed by atoms with Gasteiger partial charge in [-0.1, -0.05) is 6.07 Å². The van der Waals surface area contributed by atoms with E-state index < -0.39 is 23.1 Å². The summed E-state index contributed by atoms with van der Waals surface area (Å²) in [6, 6.07) is 3.17. The highest BCUT2D eigenvalue weighted by molar-refractivity contribution is 6.06. The maximum Gasteiger partial charge on any atom is 0.271 e. The zero-order chi connectivity index (χ0) is 19.7. The Kier molecular flexibility index (Phi) is 4.60. The molecule has 0 bridgehead atoms. The largest absolute Gasteiger partial charge is 0.351 e. The number of rotatable bonds is 3. The number of H-pyrrole nitrogens is 2. The maximum absolute atomic E-state index is 13.8. The predicted octanol–water partition coefficient (Wildman–Crippen LogP) is 2.40. The molecule has 2 aromatic heterocycles. The van der Waals surface area contributed by atoms with Crippen LogP contribution >= 0.6 is 0 Å². The number of halogens is 2. The van der Waals surface area contributed by atoms with Crippen LogP contribution in [0.5, 0.6) is 0 Å². The van der Waals surface area contributed by atoms with Crippen molar-refractivity contribution in [2.45, 2.75) is 19.3 Å². The van der Waals surface area contributed by atoms with E-state index in [2.05, 4.69) is 30.8 Å². The van der Waals surface area contributed by atoms with E-state index in [0.717, 1.165) is 25.0 Å². The van der Waals surface area contributed by atoms with Gasteiger partial charge in [-0.2, -0.15) is 5.10 Å². The third-order valence-corrected chi connectivity index (χ3v) is 4.45. The third kappa shape index (κ3) is 3.24. The summed E-state index contributed by atoms with van der Waals surface area (Å²) < 4.78 is 27.7. The molecule has 0 spiro atoms. The van der Waals surface area contributed by atoms with E-state index in [1.807, 2.05) is 0 Å². The Morgan fingerprint density at radius 3 is 2.75 bits per heavy atom. The molecule has 8 nitrogen and oxygen atoms in total. The van der Waals surface area contributed by atoms with Gasteiger partial charge >= 0.3 is 0 Å². The van der Waals surface area contributed by atoms with Crippen LogP contribution in [0.25, 0.3) is 11.5 Å². The van der Waals surface area contributed by atoms with Crippen molar-refractivity contribution >= 4 is 17.5 Å². The van der Waals surface area contributed by atoms with Gasteiger partial charge in [-0.25, -0.2) is 13.8 Å². The normalized spacial score (nSPS) is 14.0. The number of carbonyl (C=O) groups excluding carboxylic acids is 2. The molecule has 28 heavy (non-hydrogen) atoms. The molecule has 0 unspecified atom stereocenters. The fourth-order valence-electron chi connectivity index (χ4n) is 3.07. The maximum atomic E-state index is 13.8. The van der Waals surface area contributed by atoms with E-state index in [9.17, 15) is 18.4 Å². The van der Waals surface area contributed by atoms with Crippen molar-refractivity contribution in [3.8, 4) is 11.5 Å². The molecule has 1 aliphatic rings. The summed E-state index contributed by atoms with van der Waals surface area (Å²) in [5, 5.41) is 11.8. The summed E-state index contributed by atoms with van der Waals surface area (Å²) in [4.78, 5) is 31.9. The lowest BCUT2D eigenvalue weighted by Gasteiger charge is -2.08. The zero-order valence-corrected chi connectivity index (χ0v) is 14.6. The molecule has 10 heteroatoms. The fraction of sp³-hybridized carbons (Fsp3) is 0.222. The smallest absolute Gasteiger partial charge is 0.271 e. The zero-order valence-electron chi connectivity index (χ0n) is 14.6. The quantitative estimate of drug-likeness (QED) is 0.553. The lowest BCUT2D eigenvalue weighted by atomic mass is 10.1. The summed E-state index contributed by atoms with van der Waals surface area (Å²) >= 11 is 0. The first kappa shape index (κ1) is 17.8. The first-order valence-corrected chi connectivity index (χ1v) is 8.71. The van der Waals surface area contributed by atoms with Gasteiger partial charge in [-0.15, -0.1) is 0 Å². The molecule has 0 saturated heterocycles. The van der Waals surface area contributed by atoms with Crippen LogP contribution in [-0.2, 0) is 6.42 Å². The van der Waals surface area contributed by atoms with Gasteiger partial charge in [0.2, 0.25) is 0 Å². The van der Waals surface area contributed by atoms with E-state index in [1.165, 1.54) is 12.3 Å². The monoisotopic (exact) mass is 386 g/mol. The van der Waals surface area contributed by atoms with Crippen molar-refractivity contribution in [3.05, 3.63) is 53.0 Å². The minimum Gasteiger partial charge on any atom is -0.351 e. The van der Waals surface area contributed by atoms with Crippen LogP contribution in [0, 0.1) is 11.6 Å². The van der Waals surface area contributed by atoms with Crippen LogP contribution in [0.3, 0.4) is 0 Å². The number of hydrogen-bond donors (Lipinski definition) is 4. The lowest BCUT2D eigenvalue weighted by Crippen LogP contribution is -2.27. The topological polar surface area (TPSA) is 116 Å². The first-order valence-electron chi connectivity index (χ1n) is 8.71. The van der Waals surface area contributed by atoms with Crippen molar-refractivity contribution in [2.75, 3.05) is 11.9 Å². The Morgan fingerprint density at radius 1 is 1.18 bits per heavy atom. The Balaban J connectivity index is 1.65. The van der Waals surface area contributed by atoms with Crippen LogP contribution in [-0.4, -0.2) is 38.5 Å². The average Bonchev–Trinajstić information content (AvgIpc) is 3.26. The van der Waals surface area contributed by atoms with E-state index >= 15 is 0 Å². The number of carbonyl (C=O) groups is 2. The Morgan fingerprint density at radius 2 is 1.96 bits per heavy atom. The minimum absolute atomic E-state index is 0.176.